The quantitative estimate of drug-likeness (QED) is 0.472. The van der Waals surface area contributed by atoms with Crippen molar-refractivity contribution < 1.29 is 9.72 Å². The Bertz CT molecular complexity index is 1050. The van der Waals surface area contributed by atoms with Crippen molar-refractivity contribution in [3.63, 3.8) is 0 Å². The predicted molar refractivity (Wildman–Crippen MR) is 99.1 cm³/mol. The van der Waals surface area contributed by atoms with Gasteiger partial charge in [0, 0.05) is 28.8 Å². The maximum absolute atomic E-state index is 13.0. The minimum Gasteiger partial charge on any atom is -0.330 e. The van der Waals surface area contributed by atoms with Crippen LogP contribution in [0, 0.1) is 10.1 Å². The first kappa shape index (κ1) is 16.7. The van der Waals surface area contributed by atoms with Crippen LogP contribution in [-0.4, -0.2) is 31.9 Å². The lowest BCUT2D eigenvalue weighted by molar-refractivity contribution is -0.385. The fourth-order valence-corrected chi connectivity index (χ4v) is 3.84. The number of pyridine rings is 1. The summed E-state index contributed by atoms with van der Waals surface area (Å²) in [6.07, 6.45) is 2.26. The summed E-state index contributed by atoms with van der Waals surface area (Å²) < 4.78 is 2.53. The number of amides is 1. The summed E-state index contributed by atoms with van der Waals surface area (Å²) >= 11 is 3.39. The molecule has 1 aromatic carbocycles. The highest BCUT2D eigenvalue weighted by atomic mass is 79.9. The van der Waals surface area contributed by atoms with Crippen LogP contribution in [0.5, 0.6) is 0 Å². The zero-order valence-electron chi connectivity index (χ0n) is 13.9. The summed E-state index contributed by atoms with van der Waals surface area (Å²) in [5.41, 5.74) is 2.86. The van der Waals surface area contributed by atoms with Crippen LogP contribution in [0.2, 0.25) is 0 Å². The third-order valence-electron chi connectivity index (χ3n) is 4.81. The summed E-state index contributed by atoms with van der Waals surface area (Å²) in [6, 6.07) is 10.3. The zero-order chi connectivity index (χ0) is 18.4. The minimum atomic E-state index is -0.358. The number of carbonyl (C=O) groups excluding carboxylic acids is 1. The van der Waals surface area contributed by atoms with Gasteiger partial charge in [0.1, 0.15) is 0 Å². The fraction of sp³-hybridized carbons (Fsp3) is 0.222. The maximum atomic E-state index is 13.0. The van der Waals surface area contributed by atoms with Crippen molar-refractivity contribution in [2.45, 2.75) is 19.4 Å². The summed E-state index contributed by atoms with van der Waals surface area (Å²) in [5.74, 6) is -0.172. The molecule has 0 N–H and O–H groups in total. The first-order chi connectivity index (χ1) is 12.5. The van der Waals surface area contributed by atoms with Gasteiger partial charge < -0.3 is 4.90 Å². The lowest BCUT2D eigenvalue weighted by Gasteiger charge is -2.34. The molecule has 8 heteroatoms. The maximum Gasteiger partial charge on any atom is 0.274 e. The number of benzene rings is 1. The number of aromatic nitrogens is 2. The number of hydrogen-bond acceptors (Lipinski definition) is 4. The monoisotopic (exact) mass is 414 g/mol. The molecule has 132 valence electrons. The molecule has 1 atom stereocenters. The van der Waals surface area contributed by atoms with E-state index in [0.29, 0.717) is 24.2 Å². The summed E-state index contributed by atoms with van der Waals surface area (Å²) in [4.78, 5) is 25.6. The molecular formula is C18H15BrN4O3. The van der Waals surface area contributed by atoms with E-state index in [-0.39, 0.29) is 22.6 Å². The molecular weight excluding hydrogens is 400 g/mol. The van der Waals surface area contributed by atoms with Crippen LogP contribution in [0.15, 0.2) is 47.1 Å². The Morgan fingerprint density at radius 2 is 2.15 bits per heavy atom. The Labute approximate surface area is 157 Å². The number of fused-ring (bicyclic) bond motifs is 2. The van der Waals surface area contributed by atoms with Gasteiger partial charge in [-0.3, -0.25) is 14.9 Å². The van der Waals surface area contributed by atoms with Crippen LogP contribution in [0.4, 0.5) is 5.69 Å². The number of nitro groups is 1. The molecule has 0 fully saturated rings. The van der Waals surface area contributed by atoms with E-state index in [9.17, 15) is 14.9 Å². The van der Waals surface area contributed by atoms with Gasteiger partial charge in [-0.2, -0.15) is 5.10 Å². The molecule has 0 radical (unpaired) electrons. The van der Waals surface area contributed by atoms with E-state index in [1.54, 1.807) is 27.7 Å². The van der Waals surface area contributed by atoms with Crippen LogP contribution in [0.3, 0.4) is 0 Å². The van der Waals surface area contributed by atoms with Gasteiger partial charge in [0.15, 0.2) is 5.69 Å². The molecule has 0 spiro atoms. The predicted octanol–water partition coefficient (Wildman–Crippen LogP) is 3.76. The van der Waals surface area contributed by atoms with E-state index >= 15 is 0 Å². The second kappa shape index (κ2) is 6.21. The average molecular weight is 415 g/mol. The highest BCUT2D eigenvalue weighted by Gasteiger charge is 2.32. The van der Waals surface area contributed by atoms with Crippen LogP contribution >= 0.6 is 15.9 Å². The van der Waals surface area contributed by atoms with Gasteiger partial charge in [-0.05, 0) is 53.0 Å². The molecule has 3 heterocycles. The van der Waals surface area contributed by atoms with E-state index in [1.807, 2.05) is 25.1 Å². The fourth-order valence-electron chi connectivity index (χ4n) is 3.51. The number of hydrogen-bond donors (Lipinski definition) is 0. The van der Waals surface area contributed by atoms with E-state index < -0.39 is 0 Å². The van der Waals surface area contributed by atoms with Crippen molar-refractivity contribution in [3.8, 4) is 0 Å². The topological polar surface area (TPSA) is 80.8 Å². The lowest BCUT2D eigenvalue weighted by atomic mass is 9.92. The highest BCUT2D eigenvalue weighted by molar-refractivity contribution is 9.10. The molecule has 7 nitrogen and oxygen atoms in total. The molecule has 1 aliphatic heterocycles. The van der Waals surface area contributed by atoms with Crippen molar-refractivity contribution in [2.24, 2.45) is 0 Å². The molecule has 3 aromatic rings. The summed E-state index contributed by atoms with van der Waals surface area (Å²) in [6.45, 7) is 2.32. The average Bonchev–Trinajstić information content (AvgIpc) is 3.04. The minimum absolute atomic E-state index is 0.124. The highest BCUT2D eigenvalue weighted by Crippen LogP contribution is 2.35. The normalized spacial score (nSPS) is 16.5. The second-order valence-electron chi connectivity index (χ2n) is 6.27. The zero-order valence-corrected chi connectivity index (χ0v) is 15.5. The molecule has 0 bridgehead atoms. The van der Waals surface area contributed by atoms with E-state index in [4.69, 9.17) is 0 Å². The third-order valence-corrected chi connectivity index (χ3v) is 5.28. The van der Waals surface area contributed by atoms with E-state index in [2.05, 4.69) is 21.0 Å². The van der Waals surface area contributed by atoms with Crippen molar-refractivity contribution in [3.05, 3.63) is 74.0 Å². The molecule has 1 amide bonds. The third kappa shape index (κ3) is 2.66. The van der Waals surface area contributed by atoms with Crippen LogP contribution in [-0.2, 0) is 6.42 Å². The number of nitro benzene ring substituents is 1. The Balaban J connectivity index is 1.69. The molecule has 1 aliphatic rings. The van der Waals surface area contributed by atoms with Crippen molar-refractivity contribution in [1.29, 1.82) is 0 Å². The van der Waals surface area contributed by atoms with Crippen LogP contribution < -0.4 is 0 Å². The van der Waals surface area contributed by atoms with Crippen molar-refractivity contribution >= 4 is 33.0 Å². The standard InChI is InChI=1S/C18H15BrN4O3/c1-11-14-3-2-4-17(23(25)26)15(14)7-8-21(11)18(24)16-9-13-6-5-12(19)10-22(13)20-16/h2-6,9-11H,7-8H2,1H3. The second-order valence-corrected chi connectivity index (χ2v) is 7.19. The summed E-state index contributed by atoms with van der Waals surface area (Å²) in [5, 5.41) is 15.6. The number of carbonyl (C=O) groups is 1. The first-order valence-electron chi connectivity index (χ1n) is 8.18. The van der Waals surface area contributed by atoms with Crippen LogP contribution in [0.1, 0.15) is 34.6 Å². The molecule has 4 rings (SSSR count). The Morgan fingerprint density at radius 3 is 2.92 bits per heavy atom. The van der Waals surface area contributed by atoms with E-state index in [1.165, 1.54) is 6.07 Å². The molecule has 0 saturated heterocycles. The Kier molecular flexibility index (Phi) is 3.99. The van der Waals surface area contributed by atoms with Gasteiger partial charge in [-0.25, -0.2) is 4.52 Å². The lowest BCUT2D eigenvalue weighted by Crippen LogP contribution is -2.39. The van der Waals surface area contributed by atoms with Gasteiger partial charge in [0.25, 0.3) is 11.6 Å². The number of nitrogens with zero attached hydrogens (tertiary/aromatic N) is 4. The van der Waals surface area contributed by atoms with Gasteiger partial charge >= 0.3 is 0 Å². The van der Waals surface area contributed by atoms with Crippen molar-refractivity contribution in [2.75, 3.05) is 6.54 Å². The molecule has 1 unspecified atom stereocenters. The van der Waals surface area contributed by atoms with Crippen LogP contribution in [0.25, 0.3) is 5.52 Å². The Morgan fingerprint density at radius 1 is 1.35 bits per heavy atom. The molecule has 0 saturated carbocycles. The summed E-state index contributed by atoms with van der Waals surface area (Å²) in [7, 11) is 0. The smallest absolute Gasteiger partial charge is 0.274 e. The van der Waals surface area contributed by atoms with Gasteiger partial charge in [0.2, 0.25) is 0 Å². The SMILES string of the molecule is CC1c2cccc([N+](=O)[O-])c2CCN1C(=O)c1cc2ccc(Br)cn2n1. The number of halogens is 1. The van der Waals surface area contributed by atoms with Gasteiger partial charge in [-0.15, -0.1) is 0 Å². The first-order valence-corrected chi connectivity index (χ1v) is 8.97. The molecule has 2 aromatic heterocycles. The van der Waals surface area contributed by atoms with Gasteiger partial charge in [0.05, 0.1) is 16.5 Å². The van der Waals surface area contributed by atoms with Gasteiger partial charge in [-0.1, -0.05) is 12.1 Å². The molecule has 0 aliphatic carbocycles. The van der Waals surface area contributed by atoms with Crippen molar-refractivity contribution in [1.82, 2.24) is 14.5 Å². The molecule has 26 heavy (non-hydrogen) atoms. The number of rotatable bonds is 2. The van der Waals surface area contributed by atoms with E-state index in [0.717, 1.165) is 15.6 Å². The largest absolute Gasteiger partial charge is 0.330 e. The Hall–Kier alpha value is -2.74.